The minimum atomic E-state index is -0.658. The van der Waals surface area contributed by atoms with Crippen LogP contribution in [-0.4, -0.2) is 5.91 Å². The van der Waals surface area contributed by atoms with Crippen molar-refractivity contribution in [1.29, 1.82) is 0 Å². The SMILES string of the molecule is CC1CCC(C(N)=O)(c2cccc(F)c2)CC1. The molecular weight excluding hydrogens is 217 g/mol. The van der Waals surface area contributed by atoms with Crippen LogP contribution in [0.1, 0.15) is 38.2 Å². The molecule has 0 aliphatic heterocycles. The van der Waals surface area contributed by atoms with Gasteiger partial charge >= 0.3 is 0 Å². The first-order valence-corrected chi connectivity index (χ1v) is 6.10. The highest BCUT2D eigenvalue weighted by molar-refractivity contribution is 5.86. The minimum absolute atomic E-state index is 0.304. The maximum absolute atomic E-state index is 13.3. The average molecular weight is 235 g/mol. The van der Waals surface area contributed by atoms with Crippen molar-refractivity contribution >= 4 is 5.91 Å². The molecule has 1 aromatic carbocycles. The number of carbonyl (C=O) groups is 1. The molecule has 0 radical (unpaired) electrons. The summed E-state index contributed by atoms with van der Waals surface area (Å²) in [4.78, 5) is 11.8. The van der Waals surface area contributed by atoms with Crippen LogP contribution in [0.3, 0.4) is 0 Å². The van der Waals surface area contributed by atoms with Crippen molar-refractivity contribution in [2.75, 3.05) is 0 Å². The summed E-state index contributed by atoms with van der Waals surface area (Å²) < 4.78 is 13.3. The Morgan fingerprint density at radius 1 is 1.41 bits per heavy atom. The summed E-state index contributed by atoms with van der Waals surface area (Å²) >= 11 is 0. The highest BCUT2D eigenvalue weighted by Gasteiger charge is 2.41. The molecule has 0 aromatic heterocycles. The van der Waals surface area contributed by atoms with E-state index in [1.54, 1.807) is 6.07 Å². The van der Waals surface area contributed by atoms with Gasteiger partial charge in [0.15, 0.2) is 0 Å². The average Bonchev–Trinajstić information content (AvgIpc) is 2.30. The van der Waals surface area contributed by atoms with Crippen LogP contribution < -0.4 is 5.73 Å². The number of primary amides is 1. The van der Waals surface area contributed by atoms with Crippen molar-refractivity contribution < 1.29 is 9.18 Å². The van der Waals surface area contributed by atoms with E-state index in [1.807, 2.05) is 6.07 Å². The highest BCUT2D eigenvalue weighted by atomic mass is 19.1. The molecule has 17 heavy (non-hydrogen) atoms. The number of nitrogens with two attached hydrogens (primary N) is 1. The van der Waals surface area contributed by atoms with Gasteiger partial charge in [-0.1, -0.05) is 19.1 Å². The minimum Gasteiger partial charge on any atom is -0.369 e. The molecule has 1 aliphatic carbocycles. The largest absolute Gasteiger partial charge is 0.369 e. The van der Waals surface area contributed by atoms with E-state index >= 15 is 0 Å². The van der Waals surface area contributed by atoms with Crippen LogP contribution in [0.5, 0.6) is 0 Å². The van der Waals surface area contributed by atoms with Crippen molar-refractivity contribution in [3.8, 4) is 0 Å². The molecule has 1 fully saturated rings. The maximum atomic E-state index is 13.3. The van der Waals surface area contributed by atoms with Gasteiger partial charge in [-0.05, 0) is 49.3 Å². The second-order valence-electron chi connectivity index (χ2n) is 5.14. The van der Waals surface area contributed by atoms with Crippen molar-refractivity contribution in [1.82, 2.24) is 0 Å². The molecule has 0 spiro atoms. The number of rotatable bonds is 2. The summed E-state index contributed by atoms with van der Waals surface area (Å²) in [5.41, 5.74) is 5.64. The first kappa shape index (κ1) is 12.1. The van der Waals surface area contributed by atoms with Crippen LogP contribution >= 0.6 is 0 Å². The first-order chi connectivity index (χ1) is 8.04. The van der Waals surface area contributed by atoms with Gasteiger partial charge in [-0.25, -0.2) is 4.39 Å². The molecule has 92 valence electrons. The van der Waals surface area contributed by atoms with E-state index in [4.69, 9.17) is 5.73 Å². The molecule has 2 rings (SSSR count). The zero-order chi connectivity index (χ0) is 12.5. The van der Waals surface area contributed by atoms with Crippen LogP contribution in [0, 0.1) is 11.7 Å². The Morgan fingerprint density at radius 2 is 2.06 bits per heavy atom. The zero-order valence-corrected chi connectivity index (χ0v) is 10.1. The lowest BCUT2D eigenvalue weighted by Gasteiger charge is -2.37. The predicted molar refractivity (Wildman–Crippen MR) is 64.9 cm³/mol. The van der Waals surface area contributed by atoms with Gasteiger partial charge in [-0.2, -0.15) is 0 Å². The van der Waals surface area contributed by atoms with Crippen molar-refractivity contribution in [2.45, 2.75) is 38.0 Å². The van der Waals surface area contributed by atoms with E-state index in [-0.39, 0.29) is 11.7 Å². The number of hydrogen-bond donors (Lipinski definition) is 1. The predicted octanol–water partition coefficient (Wildman–Crippen LogP) is 2.76. The summed E-state index contributed by atoms with van der Waals surface area (Å²) in [5.74, 6) is -0.00668. The van der Waals surface area contributed by atoms with E-state index in [0.717, 1.165) is 31.2 Å². The lowest BCUT2D eigenvalue weighted by atomic mass is 9.66. The van der Waals surface area contributed by atoms with Gasteiger partial charge in [0.2, 0.25) is 5.91 Å². The summed E-state index contributed by atoms with van der Waals surface area (Å²) in [6.07, 6.45) is 3.40. The van der Waals surface area contributed by atoms with Crippen LogP contribution in [0.15, 0.2) is 24.3 Å². The third-order valence-electron chi connectivity index (χ3n) is 3.98. The highest BCUT2D eigenvalue weighted by Crippen LogP contribution is 2.41. The molecular formula is C14H18FNO. The summed E-state index contributed by atoms with van der Waals surface area (Å²) in [7, 11) is 0. The molecule has 0 unspecified atom stereocenters. The van der Waals surface area contributed by atoms with Gasteiger partial charge in [0, 0.05) is 0 Å². The standard InChI is InChI=1S/C14H18FNO/c1-10-5-7-14(8-6-10,13(16)17)11-3-2-4-12(15)9-11/h2-4,9-10H,5-8H2,1H3,(H2,16,17). The Balaban J connectivity index is 2.38. The van der Waals surface area contributed by atoms with E-state index in [2.05, 4.69) is 6.92 Å². The molecule has 0 heterocycles. The second kappa shape index (κ2) is 4.47. The van der Waals surface area contributed by atoms with E-state index in [9.17, 15) is 9.18 Å². The molecule has 0 atom stereocenters. The Hall–Kier alpha value is -1.38. The molecule has 3 heteroatoms. The Kier molecular flexibility index (Phi) is 3.18. The van der Waals surface area contributed by atoms with Crippen LogP contribution in [0.2, 0.25) is 0 Å². The normalized spacial score (nSPS) is 28.9. The quantitative estimate of drug-likeness (QED) is 0.841. The molecule has 1 amide bonds. The van der Waals surface area contributed by atoms with E-state index in [1.165, 1.54) is 12.1 Å². The Morgan fingerprint density at radius 3 is 2.59 bits per heavy atom. The third-order valence-corrected chi connectivity index (χ3v) is 3.98. The first-order valence-electron chi connectivity index (χ1n) is 6.10. The third kappa shape index (κ3) is 2.19. The van der Waals surface area contributed by atoms with Gasteiger partial charge in [0.25, 0.3) is 0 Å². The van der Waals surface area contributed by atoms with Gasteiger partial charge in [-0.15, -0.1) is 0 Å². The van der Waals surface area contributed by atoms with Crippen LogP contribution in [0.4, 0.5) is 4.39 Å². The van der Waals surface area contributed by atoms with Gasteiger partial charge in [0.05, 0.1) is 5.41 Å². The number of benzene rings is 1. The Labute approximate surface area is 101 Å². The topological polar surface area (TPSA) is 43.1 Å². The Bertz CT molecular complexity index is 422. The molecule has 1 aliphatic rings. The van der Waals surface area contributed by atoms with Crippen molar-refractivity contribution in [2.24, 2.45) is 11.7 Å². The molecule has 2 N–H and O–H groups in total. The zero-order valence-electron chi connectivity index (χ0n) is 10.1. The van der Waals surface area contributed by atoms with Gasteiger partial charge in [-0.3, -0.25) is 4.79 Å². The van der Waals surface area contributed by atoms with Gasteiger partial charge < -0.3 is 5.73 Å². The number of amides is 1. The number of carbonyl (C=O) groups excluding carboxylic acids is 1. The fraction of sp³-hybridized carbons (Fsp3) is 0.500. The van der Waals surface area contributed by atoms with Crippen molar-refractivity contribution in [3.05, 3.63) is 35.6 Å². The van der Waals surface area contributed by atoms with E-state index in [0.29, 0.717) is 5.92 Å². The van der Waals surface area contributed by atoms with Crippen LogP contribution in [0.25, 0.3) is 0 Å². The summed E-state index contributed by atoms with van der Waals surface area (Å²) in [5, 5.41) is 0. The number of halogens is 1. The van der Waals surface area contributed by atoms with Crippen molar-refractivity contribution in [3.63, 3.8) is 0 Å². The number of hydrogen-bond acceptors (Lipinski definition) is 1. The monoisotopic (exact) mass is 235 g/mol. The lowest BCUT2D eigenvalue weighted by Crippen LogP contribution is -2.43. The lowest BCUT2D eigenvalue weighted by molar-refractivity contribution is -0.125. The van der Waals surface area contributed by atoms with Gasteiger partial charge in [0.1, 0.15) is 5.82 Å². The summed E-state index contributed by atoms with van der Waals surface area (Å²) in [6, 6.07) is 6.29. The fourth-order valence-corrected chi connectivity index (χ4v) is 2.72. The van der Waals surface area contributed by atoms with E-state index < -0.39 is 5.41 Å². The second-order valence-corrected chi connectivity index (χ2v) is 5.14. The molecule has 1 saturated carbocycles. The fourth-order valence-electron chi connectivity index (χ4n) is 2.72. The molecule has 0 bridgehead atoms. The summed E-state index contributed by atoms with van der Waals surface area (Å²) in [6.45, 7) is 2.18. The molecule has 1 aromatic rings. The van der Waals surface area contributed by atoms with Crippen LogP contribution in [-0.2, 0) is 10.2 Å². The molecule has 0 saturated heterocycles. The molecule has 2 nitrogen and oxygen atoms in total. The smallest absolute Gasteiger partial charge is 0.228 e. The maximum Gasteiger partial charge on any atom is 0.228 e.